The van der Waals surface area contributed by atoms with Crippen LogP contribution in [0.15, 0.2) is 36.5 Å². The molecule has 0 N–H and O–H groups in total. The van der Waals surface area contributed by atoms with Crippen LogP contribution in [0, 0.1) is 5.92 Å². The zero-order chi connectivity index (χ0) is 22.0. The zero-order valence-electron chi connectivity index (χ0n) is 21.2. The van der Waals surface area contributed by atoms with Gasteiger partial charge in [0.15, 0.2) is 0 Å². The summed E-state index contributed by atoms with van der Waals surface area (Å²) in [6, 6.07) is 0. The van der Waals surface area contributed by atoms with Gasteiger partial charge in [-0.1, -0.05) is 166 Å². The number of unbranched alkanes of at least 4 members (excludes halogenated alkanes) is 17. The fourth-order valence-electron chi connectivity index (χ4n) is 4.00. The smallest absolute Gasteiger partial charge is 0.0259 e. The molecule has 0 aliphatic rings. The second-order valence-electron chi connectivity index (χ2n) is 9.41. The predicted octanol–water partition coefficient (Wildman–Crippen LogP) is 11.1. The van der Waals surface area contributed by atoms with Crippen molar-refractivity contribution >= 4 is 0 Å². The van der Waals surface area contributed by atoms with E-state index in [4.69, 9.17) is 0 Å². The second-order valence-corrected chi connectivity index (χ2v) is 9.41. The van der Waals surface area contributed by atoms with Gasteiger partial charge in [0, 0.05) is 0 Å². The van der Waals surface area contributed by atoms with Crippen molar-refractivity contribution in [3.63, 3.8) is 0 Å². The van der Waals surface area contributed by atoms with Crippen molar-refractivity contribution in [1.29, 1.82) is 0 Å². The molecule has 0 aromatic rings. The van der Waals surface area contributed by atoms with Gasteiger partial charge < -0.3 is 0 Å². The Balaban J connectivity index is 3.40. The molecule has 0 aliphatic heterocycles. The number of rotatable bonds is 23. The van der Waals surface area contributed by atoms with Crippen LogP contribution in [0.25, 0.3) is 0 Å². The van der Waals surface area contributed by atoms with Gasteiger partial charge in [-0.25, -0.2) is 0 Å². The van der Waals surface area contributed by atoms with Crippen LogP contribution in [-0.4, -0.2) is 0 Å². The maximum atomic E-state index is 2.37. The van der Waals surface area contributed by atoms with E-state index < -0.39 is 0 Å². The molecule has 0 aromatic carbocycles. The molecule has 0 heterocycles. The Labute approximate surface area is 191 Å². The third kappa shape index (κ3) is 25.3. The summed E-state index contributed by atoms with van der Waals surface area (Å²) in [5, 5.41) is 0. The summed E-state index contributed by atoms with van der Waals surface area (Å²) in [5.41, 5.74) is 0. The first kappa shape index (κ1) is 29.2. The molecule has 0 nitrogen and oxygen atoms in total. The molecule has 176 valence electrons. The first-order chi connectivity index (χ1) is 14.8. The van der Waals surface area contributed by atoms with Crippen molar-refractivity contribution in [2.45, 2.75) is 149 Å². The molecule has 0 saturated heterocycles. The van der Waals surface area contributed by atoms with Crippen LogP contribution in [0.5, 0.6) is 0 Å². The molecule has 0 aliphatic carbocycles. The Morgan fingerprint density at radius 2 is 0.900 bits per heavy atom. The van der Waals surface area contributed by atoms with Gasteiger partial charge in [-0.15, -0.1) is 0 Å². The summed E-state index contributed by atoms with van der Waals surface area (Å²) in [6.45, 7) is 6.94. The highest BCUT2D eigenvalue weighted by Crippen LogP contribution is 2.15. The molecule has 0 saturated carbocycles. The molecule has 0 fully saturated rings. The summed E-state index contributed by atoms with van der Waals surface area (Å²) < 4.78 is 0. The highest BCUT2D eigenvalue weighted by atomic mass is 14.0. The van der Waals surface area contributed by atoms with Crippen molar-refractivity contribution in [3.05, 3.63) is 36.5 Å². The van der Waals surface area contributed by atoms with Gasteiger partial charge in [0.05, 0.1) is 0 Å². The minimum Gasteiger partial charge on any atom is -0.0845 e. The SMILES string of the molecule is CCCCCCCCCC=CC=CC=CC(C)CCCCCCCCCCCCC. The van der Waals surface area contributed by atoms with E-state index in [1.165, 1.54) is 128 Å². The van der Waals surface area contributed by atoms with Gasteiger partial charge in [0.2, 0.25) is 0 Å². The van der Waals surface area contributed by atoms with E-state index in [9.17, 15) is 0 Å². The summed E-state index contributed by atoms with van der Waals surface area (Å²) in [7, 11) is 0. The average molecular weight is 417 g/mol. The molecular formula is C30H56. The van der Waals surface area contributed by atoms with Crippen molar-refractivity contribution in [1.82, 2.24) is 0 Å². The third-order valence-corrected chi connectivity index (χ3v) is 6.15. The lowest BCUT2D eigenvalue weighted by molar-refractivity contribution is 0.524. The van der Waals surface area contributed by atoms with Gasteiger partial charge in [0.1, 0.15) is 0 Å². The van der Waals surface area contributed by atoms with E-state index in [1.807, 2.05) is 0 Å². The Kier molecular flexibility index (Phi) is 25.6. The molecular weight excluding hydrogens is 360 g/mol. The summed E-state index contributed by atoms with van der Waals surface area (Å²) >= 11 is 0. The monoisotopic (exact) mass is 416 g/mol. The topological polar surface area (TPSA) is 0 Å². The average Bonchev–Trinajstić information content (AvgIpc) is 2.75. The largest absolute Gasteiger partial charge is 0.0845 e. The normalized spacial score (nSPS) is 13.3. The van der Waals surface area contributed by atoms with Gasteiger partial charge in [-0.3, -0.25) is 0 Å². The van der Waals surface area contributed by atoms with Crippen LogP contribution >= 0.6 is 0 Å². The molecule has 0 bridgehead atoms. The molecule has 0 radical (unpaired) electrons. The summed E-state index contributed by atoms with van der Waals surface area (Å²) in [5.74, 6) is 0.713. The highest BCUT2D eigenvalue weighted by molar-refractivity contribution is 5.11. The predicted molar refractivity (Wildman–Crippen MR) is 140 cm³/mol. The number of hydrogen-bond donors (Lipinski definition) is 0. The lowest BCUT2D eigenvalue weighted by atomic mass is 10.0. The van der Waals surface area contributed by atoms with Crippen LogP contribution in [0.4, 0.5) is 0 Å². The van der Waals surface area contributed by atoms with Crippen LogP contribution in [0.3, 0.4) is 0 Å². The minimum absolute atomic E-state index is 0.713. The van der Waals surface area contributed by atoms with E-state index in [2.05, 4.69) is 57.2 Å². The van der Waals surface area contributed by atoms with Gasteiger partial charge in [-0.05, 0) is 25.2 Å². The van der Waals surface area contributed by atoms with Crippen molar-refractivity contribution in [2.24, 2.45) is 5.92 Å². The fraction of sp³-hybridized carbons (Fsp3) is 0.800. The molecule has 0 rings (SSSR count). The molecule has 1 atom stereocenters. The van der Waals surface area contributed by atoms with Crippen molar-refractivity contribution in [3.8, 4) is 0 Å². The molecule has 0 spiro atoms. The fourth-order valence-corrected chi connectivity index (χ4v) is 4.00. The highest BCUT2D eigenvalue weighted by Gasteiger charge is 1.97. The zero-order valence-corrected chi connectivity index (χ0v) is 21.2. The molecule has 0 heteroatoms. The van der Waals surface area contributed by atoms with Crippen molar-refractivity contribution < 1.29 is 0 Å². The molecule has 30 heavy (non-hydrogen) atoms. The third-order valence-electron chi connectivity index (χ3n) is 6.15. The van der Waals surface area contributed by atoms with Crippen molar-refractivity contribution in [2.75, 3.05) is 0 Å². The Bertz CT molecular complexity index is 387. The van der Waals surface area contributed by atoms with E-state index >= 15 is 0 Å². The summed E-state index contributed by atoms with van der Waals surface area (Å²) in [6.07, 6.45) is 41.7. The quantitative estimate of drug-likeness (QED) is 0.115. The minimum atomic E-state index is 0.713. The van der Waals surface area contributed by atoms with E-state index in [1.54, 1.807) is 0 Å². The van der Waals surface area contributed by atoms with Crippen LogP contribution in [0.1, 0.15) is 149 Å². The molecule has 0 aromatic heterocycles. The Morgan fingerprint density at radius 3 is 1.43 bits per heavy atom. The van der Waals surface area contributed by atoms with Gasteiger partial charge in [-0.2, -0.15) is 0 Å². The standard InChI is InChI=1S/C30H56/c1-4-6-8-10-12-14-16-17-19-21-23-25-27-29-30(3)28-26-24-22-20-18-15-13-11-9-7-5-2/h19,21,23,25,27,29-30H,4-18,20,22,24,26,28H2,1-3H3. The lowest BCUT2D eigenvalue weighted by Crippen LogP contribution is -1.89. The Hall–Kier alpha value is -0.780. The summed E-state index contributed by atoms with van der Waals surface area (Å²) in [4.78, 5) is 0. The van der Waals surface area contributed by atoms with Crippen LogP contribution in [0.2, 0.25) is 0 Å². The first-order valence-corrected chi connectivity index (χ1v) is 13.8. The van der Waals surface area contributed by atoms with Gasteiger partial charge >= 0.3 is 0 Å². The van der Waals surface area contributed by atoms with Gasteiger partial charge in [0.25, 0.3) is 0 Å². The Morgan fingerprint density at radius 1 is 0.467 bits per heavy atom. The second kappa shape index (κ2) is 26.3. The maximum absolute atomic E-state index is 2.37. The maximum Gasteiger partial charge on any atom is -0.0259 e. The molecule has 1 unspecified atom stereocenters. The van der Waals surface area contributed by atoms with Crippen LogP contribution in [-0.2, 0) is 0 Å². The van der Waals surface area contributed by atoms with E-state index in [0.29, 0.717) is 5.92 Å². The van der Waals surface area contributed by atoms with E-state index in [-0.39, 0.29) is 0 Å². The number of allylic oxidation sites excluding steroid dienone is 6. The number of hydrogen-bond acceptors (Lipinski definition) is 0. The lowest BCUT2D eigenvalue weighted by Gasteiger charge is -2.06. The molecule has 0 amide bonds. The van der Waals surface area contributed by atoms with E-state index in [0.717, 1.165) is 0 Å². The van der Waals surface area contributed by atoms with Crippen LogP contribution < -0.4 is 0 Å². The first-order valence-electron chi connectivity index (χ1n) is 13.8.